The summed E-state index contributed by atoms with van der Waals surface area (Å²) in [5.41, 5.74) is -0.796. The Hall–Kier alpha value is -2.33. The van der Waals surface area contributed by atoms with E-state index in [1.807, 2.05) is 6.07 Å². The number of hydrogen-bond donors (Lipinski definition) is 0. The van der Waals surface area contributed by atoms with Crippen molar-refractivity contribution in [3.05, 3.63) is 46.9 Å². The van der Waals surface area contributed by atoms with E-state index in [4.69, 9.17) is 21.6 Å². The van der Waals surface area contributed by atoms with Crippen LogP contribution in [0.1, 0.15) is 11.3 Å². The molecule has 0 atom stereocenters. The lowest BCUT2D eigenvalue weighted by molar-refractivity contribution is -0.141. The Morgan fingerprint density at radius 1 is 1.15 bits per heavy atom. The summed E-state index contributed by atoms with van der Waals surface area (Å²) in [6.45, 7) is 0. The highest BCUT2D eigenvalue weighted by atomic mass is 35.5. The Morgan fingerprint density at radius 3 is 2.35 bits per heavy atom. The molecule has 0 aliphatic rings. The van der Waals surface area contributed by atoms with Crippen molar-refractivity contribution in [3.63, 3.8) is 0 Å². The van der Waals surface area contributed by atoms with Crippen LogP contribution < -0.4 is 4.74 Å². The summed E-state index contributed by atoms with van der Waals surface area (Å²) in [5, 5.41) is 8.06. The van der Waals surface area contributed by atoms with Crippen LogP contribution in [0.15, 0.2) is 30.3 Å². The van der Waals surface area contributed by atoms with Crippen LogP contribution in [-0.2, 0) is 6.18 Å². The second kappa shape index (κ2) is 5.35. The van der Waals surface area contributed by atoms with Gasteiger partial charge in [0.15, 0.2) is 5.69 Å². The molecule has 20 heavy (non-hydrogen) atoms. The van der Waals surface area contributed by atoms with E-state index in [0.717, 1.165) is 0 Å². The van der Waals surface area contributed by atoms with Crippen LogP contribution in [0, 0.1) is 11.3 Å². The molecular formula is C12H5ClF3N3O. The molecule has 2 rings (SSSR count). The first-order chi connectivity index (χ1) is 9.38. The number of benzene rings is 1. The van der Waals surface area contributed by atoms with Crippen molar-refractivity contribution in [3.8, 4) is 17.7 Å². The number of hydrogen-bond acceptors (Lipinski definition) is 4. The highest BCUT2D eigenvalue weighted by Crippen LogP contribution is 2.31. The van der Waals surface area contributed by atoms with E-state index in [-0.39, 0.29) is 11.6 Å². The van der Waals surface area contributed by atoms with Crippen molar-refractivity contribution in [2.45, 2.75) is 6.18 Å². The molecule has 8 heteroatoms. The third kappa shape index (κ3) is 3.36. The van der Waals surface area contributed by atoms with Crippen molar-refractivity contribution in [1.29, 1.82) is 5.26 Å². The molecular weight excluding hydrogens is 295 g/mol. The lowest BCUT2D eigenvalue weighted by Gasteiger charge is -2.09. The highest BCUT2D eigenvalue weighted by Gasteiger charge is 2.33. The Morgan fingerprint density at radius 2 is 1.80 bits per heavy atom. The topological polar surface area (TPSA) is 58.8 Å². The molecule has 0 radical (unpaired) electrons. The molecule has 2 aromatic rings. The standard InChI is InChI=1S/C12H5ClF3N3O/c13-11-18-9(12(14,15)16)5-10(19-11)20-8-3-1-7(6-17)2-4-8/h1-5H. The van der Waals surface area contributed by atoms with Crippen LogP contribution >= 0.6 is 11.6 Å². The summed E-state index contributed by atoms with van der Waals surface area (Å²) >= 11 is 5.42. The summed E-state index contributed by atoms with van der Waals surface area (Å²) in [5.74, 6) is -0.103. The van der Waals surface area contributed by atoms with Gasteiger partial charge in [0.05, 0.1) is 11.6 Å². The Balaban J connectivity index is 2.29. The quantitative estimate of drug-likeness (QED) is 0.791. The molecule has 102 valence electrons. The van der Waals surface area contributed by atoms with Crippen LogP contribution in [0.4, 0.5) is 13.2 Å². The van der Waals surface area contributed by atoms with E-state index in [9.17, 15) is 13.2 Å². The Labute approximate surface area is 116 Å². The molecule has 0 saturated carbocycles. The zero-order valence-electron chi connectivity index (χ0n) is 9.65. The SMILES string of the molecule is N#Cc1ccc(Oc2cc(C(F)(F)F)nc(Cl)n2)cc1. The lowest BCUT2D eigenvalue weighted by atomic mass is 10.2. The van der Waals surface area contributed by atoms with Crippen molar-refractivity contribution in [1.82, 2.24) is 9.97 Å². The van der Waals surface area contributed by atoms with Crippen molar-refractivity contribution >= 4 is 11.6 Å². The van der Waals surface area contributed by atoms with Gasteiger partial charge in [0, 0.05) is 6.07 Å². The number of rotatable bonds is 2. The van der Waals surface area contributed by atoms with E-state index in [0.29, 0.717) is 11.6 Å². The normalized spacial score (nSPS) is 10.9. The van der Waals surface area contributed by atoms with Gasteiger partial charge >= 0.3 is 6.18 Å². The fraction of sp³-hybridized carbons (Fsp3) is 0.0833. The number of aromatic nitrogens is 2. The Kier molecular flexibility index (Phi) is 3.77. The van der Waals surface area contributed by atoms with Crippen LogP contribution in [0.2, 0.25) is 5.28 Å². The zero-order chi connectivity index (χ0) is 14.8. The number of nitrogens with zero attached hydrogens (tertiary/aromatic N) is 3. The second-order valence-electron chi connectivity index (χ2n) is 3.60. The molecule has 0 fully saturated rings. The van der Waals surface area contributed by atoms with Gasteiger partial charge in [0.2, 0.25) is 11.2 Å². The molecule has 0 bridgehead atoms. The molecule has 0 unspecified atom stereocenters. The first-order valence-corrected chi connectivity index (χ1v) is 5.56. The van der Waals surface area contributed by atoms with Crippen molar-refractivity contribution in [2.24, 2.45) is 0 Å². The summed E-state index contributed by atoms with van der Waals surface area (Å²) in [6, 6.07) is 8.34. The number of ether oxygens (including phenoxy) is 1. The molecule has 0 spiro atoms. The van der Waals surface area contributed by atoms with Crippen molar-refractivity contribution < 1.29 is 17.9 Å². The average molecular weight is 300 g/mol. The van der Waals surface area contributed by atoms with Crippen LogP contribution in [0.3, 0.4) is 0 Å². The number of halogens is 4. The van der Waals surface area contributed by atoms with Gasteiger partial charge in [-0.1, -0.05) is 0 Å². The minimum atomic E-state index is -4.64. The largest absolute Gasteiger partial charge is 0.439 e. The summed E-state index contributed by atoms with van der Waals surface area (Å²) in [7, 11) is 0. The van der Waals surface area contributed by atoms with E-state index >= 15 is 0 Å². The van der Waals surface area contributed by atoms with Crippen LogP contribution in [-0.4, -0.2) is 9.97 Å². The molecule has 4 nitrogen and oxygen atoms in total. The zero-order valence-corrected chi connectivity index (χ0v) is 10.4. The minimum Gasteiger partial charge on any atom is -0.439 e. The van der Waals surface area contributed by atoms with Gasteiger partial charge < -0.3 is 4.74 Å². The van der Waals surface area contributed by atoms with Gasteiger partial charge in [-0.25, -0.2) is 4.98 Å². The molecule has 0 N–H and O–H groups in total. The fourth-order valence-electron chi connectivity index (χ4n) is 1.31. The van der Waals surface area contributed by atoms with Gasteiger partial charge in [-0.2, -0.15) is 23.4 Å². The summed E-state index contributed by atoms with van der Waals surface area (Å²) in [4.78, 5) is 6.63. The Bertz CT molecular complexity index is 665. The molecule has 1 aromatic heterocycles. The maximum absolute atomic E-state index is 12.5. The fourth-order valence-corrected chi connectivity index (χ4v) is 1.49. The predicted octanol–water partition coefficient (Wildman–Crippen LogP) is 3.81. The van der Waals surface area contributed by atoms with Gasteiger partial charge in [0.1, 0.15) is 5.75 Å². The van der Waals surface area contributed by atoms with E-state index in [1.54, 1.807) is 0 Å². The van der Waals surface area contributed by atoms with Gasteiger partial charge in [0.25, 0.3) is 0 Å². The maximum Gasteiger partial charge on any atom is 0.433 e. The highest BCUT2D eigenvalue weighted by molar-refractivity contribution is 6.28. The molecule has 1 heterocycles. The third-order valence-electron chi connectivity index (χ3n) is 2.17. The molecule has 0 aliphatic carbocycles. The van der Waals surface area contributed by atoms with E-state index in [1.165, 1.54) is 24.3 Å². The van der Waals surface area contributed by atoms with Crippen molar-refractivity contribution in [2.75, 3.05) is 0 Å². The molecule has 0 saturated heterocycles. The van der Waals surface area contributed by atoms with Crippen LogP contribution in [0.5, 0.6) is 11.6 Å². The predicted molar refractivity (Wildman–Crippen MR) is 63.3 cm³/mol. The summed E-state index contributed by atoms with van der Waals surface area (Å²) < 4.78 is 42.8. The maximum atomic E-state index is 12.5. The molecule has 0 aliphatic heterocycles. The smallest absolute Gasteiger partial charge is 0.433 e. The average Bonchev–Trinajstić information content (AvgIpc) is 2.38. The van der Waals surface area contributed by atoms with Crippen LogP contribution in [0.25, 0.3) is 0 Å². The first kappa shape index (κ1) is 14.1. The summed E-state index contributed by atoms with van der Waals surface area (Å²) in [6.07, 6.45) is -4.64. The number of alkyl halides is 3. The van der Waals surface area contributed by atoms with E-state index < -0.39 is 17.2 Å². The third-order valence-corrected chi connectivity index (χ3v) is 2.34. The molecule has 1 aromatic carbocycles. The van der Waals surface area contributed by atoms with Gasteiger partial charge in [-0.05, 0) is 35.9 Å². The second-order valence-corrected chi connectivity index (χ2v) is 3.93. The lowest BCUT2D eigenvalue weighted by Crippen LogP contribution is -2.09. The number of nitriles is 1. The molecule has 0 amide bonds. The first-order valence-electron chi connectivity index (χ1n) is 5.18. The van der Waals surface area contributed by atoms with Gasteiger partial charge in [-0.15, -0.1) is 0 Å². The monoisotopic (exact) mass is 299 g/mol. The van der Waals surface area contributed by atoms with E-state index in [2.05, 4.69) is 9.97 Å². The van der Waals surface area contributed by atoms with Gasteiger partial charge in [-0.3, -0.25) is 0 Å². The minimum absolute atomic E-state index is 0.229.